The first kappa shape index (κ1) is 11.6. The molecular weight excluding hydrogens is 270 g/mol. The molecule has 1 atom stereocenters. The summed E-state index contributed by atoms with van der Waals surface area (Å²) < 4.78 is 1.09. The van der Waals surface area contributed by atoms with Crippen molar-refractivity contribution in [2.45, 2.75) is 25.9 Å². The topological polar surface area (TPSA) is 40.5 Å². The molecule has 0 fully saturated rings. The lowest BCUT2D eigenvalue weighted by atomic mass is 9.99. The lowest BCUT2D eigenvalue weighted by Gasteiger charge is -2.31. The summed E-state index contributed by atoms with van der Waals surface area (Å²) in [5, 5.41) is 8.98. The normalized spacial score (nSPS) is 17.9. The van der Waals surface area contributed by atoms with E-state index in [0.717, 1.165) is 24.0 Å². The molecule has 0 spiro atoms. The van der Waals surface area contributed by atoms with Crippen molar-refractivity contribution >= 4 is 21.9 Å². The Morgan fingerprint density at radius 1 is 1.50 bits per heavy atom. The fraction of sp³-hybridized carbons (Fsp3) is 0.417. The number of carboxylic acid groups (broad SMARTS) is 1. The van der Waals surface area contributed by atoms with Gasteiger partial charge in [-0.3, -0.25) is 9.69 Å². The number of aliphatic carboxylic acids is 1. The number of halogens is 1. The summed E-state index contributed by atoms with van der Waals surface area (Å²) in [5.41, 5.74) is 2.56. The van der Waals surface area contributed by atoms with Crippen LogP contribution >= 0.6 is 15.9 Å². The standard InChI is InChI=1S/C12H14BrNO2/c1-8(12(15)16)14-5-4-9-6-11(13)3-2-10(9)7-14/h2-3,6,8H,4-5,7H2,1H3,(H,15,16). The molecule has 0 saturated heterocycles. The molecule has 86 valence electrons. The molecule has 0 amide bonds. The predicted molar refractivity (Wildman–Crippen MR) is 65.4 cm³/mol. The van der Waals surface area contributed by atoms with E-state index in [2.05, 4.69) is 28.1 Å². The third kappa shape index (κ3) is 2.28. The minimum absolute atomic E-state index is 0.406. The minimum atomic E-state index is -0.749. The van der Waals surface area contributed by atoms with Crippen LogP contribution in [0.15, 0.2) is 22.7 Å². The molecule has 1 aromatic rings. The third-order valence-corrected chi connectivity index (χ3v) is 3.61. The largest absolute Gasteiger partial charge is 0.480 e. The lowest BCUT2D eigenvalue weighted by Crippen LogP contribution is -2.42. The summed E-state index contributed by atoms with van der Waals surface area (Å²) in [5.74, 6) is -0.749. The molecule has 1 unspecified atom stereocenters. The zero-order valence-corrected chi connectivity index (χ0v) is 10.7. The van der Waals surface area contributed by atoms with E-state index in [4.69, 9.17) is 5.11 Å². The Labute approximate surface area is 103 Å². The van der Waals surface area contributed by atoms with Gasteiger partial charge in [-0.15, -0.1) is 0 Å². The average Bonchev–Trinajstić information content (AvgIpc) is 2.27. The molecule has 4 heteroatoms. The van der Waals surface area contributed by atoms with Crippen LogP contribution in [0.1, 0.15) is 18.1 Å². The van der Waals surface area contributed by atoms with E-state index in [1.54, 1.807) is 6.92 Å². The van der Waals surface area contributed by atoms with Crippen LogP contribution in [0.3, 0.4) is 0 Å². The van der Waals surface area contributed by atoms with E-state index >= 15 is 0 Å². The molecule has 1 aliphatic heterocycles. The number of fused-ring (bicyclic) bond motifs is 1. The van der Waals surface area contributed by atoms with Gasteiger partial charge in [0.05, 0.1) is 0 Å². The van der Waals surface area contributed by atoms with Gasteiger partial charge in [0.2, 0.25) is 0 Å². The van der Waals surface area contributed by atoms with E-state index in [9.17, 15) is 4.79 Å². The van der Waals surface area contributed by atoms with Crippen molar-refractivity contribution < 1.29 is 9.90 Å². The Morgan fingerprint density at radius 3 is 2.94 bits per heavy atom. The number of carbonyl (C=O) groups is 1. The van der Waals surface area contributed by atoms with Gasteiger partial charge in [0.25, 0.3) is 0 Å². The molecule has 1 N–H and O–H groups in total. The fourth-order valence-electron chi connectivity index (χ4n) is 2.03. The number of carboxylic acids is 1. The number of rotatable bonds is 2. The molecule has 1 heterocycles. The van der Waals surface area contributed by atoms with Crippen LogP contribution in [0.2, 0.25) is 0 Å². The van der Waals surface area contributed by atoms with Gasteiger partial charge in [-0.1, -0.05) is 22.0 Å². The van der Waals surface area contributed by atoms with Crippen LogP contribution in [0.5, 0.6) is 0 Å². The van der Waals surface area contributed by atoms with Crippen molar-refractivity contribution in [1.82, 2.24) is 4.90 Å². The summed E-state index contributed by atoms with van der Waals surface area (Å²) in [6.07, 6.45) is 0.923. The van der Waals surface area contributed by atoms with E-state index < -0.39 is 12.0 Å². The van der Waals surface area contributed by atoms with Crippen molar-refractivity contribution in [3.8, 4) is 0 Å². The molecular formula is C12H14BrNO2. The Kier molecular flexibility index (Phi) is 3.30. The summed E-state index contributed by atoms with van der Waals surface area (Å²) >= 11 is 3.45. The first-order chi connectivity index (χ1) is 7.58. The summed E-state index contributed by atoms with van der Waals surface area (Å²) in [6, 6.07) is 5.79. The molecule has 1 aliphatic rings. The van der Waals surface area contributed by atoms with Crippen LogP contribution in [0.4, 0.5) is 0 Å². The maximum absolute atomic E-state index is 10.9. The van der Waals surface area contributed by atoms with Crippen molar-refractivity contribution in [3.63, 3.8) is 0 Å². The van der Waals surface area contributed by atoms with Gasteiger partial charge in [-0.2, -0.15) is 0 Å². The highest BCUT2D eigenvalue weighted by Gasteiger charge is 2.24. The van der Waals surface area contributed by atoms with Crippen LogP contribution in [0, 0.1) is 0 Å². The SMILES string of the molecule is CC(C(=O)O)N1CCc2cc(Br)ccc2C1. The van der Waals surface area contributed by atoms with Crippen LogP contribution in [-0.4, -0.2) is 28.6 Å². The minimum Gasteiger partial charge on any atom is -0.480 e. The molecule has 1 aromatic carbocycles. The monoisotopic (exact) mass is 283 g/mol. The Morgan fingerprint density at radius 2 is 2.25 bits per heavy atom. The van der Waals surface area contributed by atoms with E-state index in [-0.39, 0.29) is 0 Å². The quantitative estimate of drug-likeness (QED) is 0.905. The molecule has 2 rings (SSSR count). The van der Waals surface area contributed by atoms with E-state index in [1.807, 2.05) is 11.0 Å². The first-order valence-corrected chi connectivity index (χ1v) is 6.11. The molecule has 0 radical (unpaired) electrons. The molecule has 0 saturated carbocycles. The van der Waals surface area contributed by atoms with Crippen LogP contribution in [-0.2, 0) is 17.8 Å². The smallest absolute Gasteiger partial charge is 0.320 e. The number of benzene rings is 1. The number of nitrogens with zero attached hydrogens (tertiary/aromatic N) is 1. The second kappa shape index (κ2) is 4.55. The molecule has 0 aromatic heterocycles. The Balaban J connectivity index is 2.18. The maximum atomic E-state index is 10.9. The second-order valence-electron chi connectivity index (χ2n) is 4.15. The number of hydrogen-bond acceptors (Lipinski definition) is 2. The summed E-state index contributed by atoms with van der Waals surface area (Å²) in [7, 11) is 0. The number of hydrogen-bond donors (Lipinski definition) is 1. The highest BCUT2D eigenvalue weighted by atomic mass is 79.9. The van der Waals surface area contributed by atoms with Crippen molar-refractivity contribution in [2.24, 2.45) is 0 Å². The summed E-state index contributed by atoms with van der Waals surface area (Å²) in [6.45, 7) is 3.29. The van der Waals surface area contributed by atoms with Gasteiger partial charge in [-0.25, -0.2) is 0 Å². The second-order valence-corrected chi connectivity index (χ2v) is 5.06. The fourth-order valence-corrected chi connectivity index (χ4v) is 2.44. The third-order valence-electron chi connectivity index (χ3n) is 3.12. The Bertz CT molecular complexity index is 419. The van der Waals surface area contributed by atoms with Gasteiger partial charge in [0, 0.05) is 17.6 Å². The van der Waals surface area contributed by atoms with E-state index in [0.29, 0.717) is 0 Å². The highest BCUT2D eigenvalue weighted by molar-refractivity contribution is 9.10. The van der Waals surface area contributed by atoms with Crippen LogP contribution < -0.4 is 0 Å². The van der Waals surface area contributed by atoms with Gasteiger partial charge in [0.1, 0.15) is 6.04 Å². The molecule has 3 nitrogen and oxygen atoms in total. The van der Waals surface area contributed by atoms with Gasteiger partial charge >= 0.3 is 5.97 Å². The Hall–Kier alpha value is -0.870. The molecule has 16 heavy (non-hydrogen) atoms. The van der Waals surface area contributed by atoms with Gasteiger partial charge in [-0.05, 0) is 36.6 Å². The predicted octanol–water partition coefficient (Wildman–Crippen LogP) is 2.28. The molecule has 0 bridgehead atoms. The average molecular weight is 284 g/mol. The van der Waals surface area contributed by atoms with Crippen molar-refractivity contribution in [3.05, 3.63) is 33.8 Å². The van der Waals surface area contributed by atoms with Gasteiger partial charge < -0.3 is 5.11 Å². The van der Waals surface area contributed by atoms with Gasteiger partial charge in [0.15, 0.2) is 0 Å². The summed E-state index contributed by atoms with van der Waals surface area (Å²) in [4.78, 5) is 12.9. The van der Waals surface area contributed by atoms with Crippen molar-refractivity contribution in [2.75, 3.05) is 6.54 Å². The zero-order valence-electron chi connectivity index (χ0n) is 9.11. The lowest BCUT2D eigenvalue weighted by molar-refractivity contribution is -0.143. The maximum Gasteiger partial charge on any atom is 0.320 e. The molecule has 0 aliphatic carbocycles. The van der Waals surface area contributed by atoms with Crippen LogP contribution in [0.25, 0.3) is 0 Å². The van der Waals surface area contributed by atoms with E-state index in [1.165, 1.54) is 11.1 Å². The van der Waals surface area contributed by atoms with Crippen molar-refractivity contribution in [1.29, 1.82) is 0 Å². The first-order valence-electron chi connectivity index (χ1n) is 5.32. The zero-order chi connectivity index (χ0) is 11.7. The highest BCUT2D eigenvalue weighted by Crippen LogP contribution is 2.23.